The SMILES string of the molecule is C[Si](C)(C)ONO[Si](C)(C)C. The Kier molecular flexibility index (Phi) is 3.92. The first-order valence-corrected chi connectivity index (χ1v) is 10.6. The molecule has 68 valence electrons. The molecular formula is C6H19NO2Si2. The molecule has 0 aromatic heterocycles. The fraction of sp³-hybridized carbons (Fsp3) is 1.00. The van der Waals surface area contributed by atoms with Crippen molar-refractivity contribution in [3.8, 4) is 0 Å². The van der Waals surface area contributed by atoms with Gasteiger partial charge in [-0.15, -0.1) is 5.64 Å². The van der Waals surface area contributed by atoms with E-state index in [9.17, 15) is 0 Å². The quantitative estimate of drug-likeness (QED) is 0.548. The Hall–Kier alpha value is 0.314. The van der Waals surface area contributed by atoms with E-state index >= 15 is 0 Å². The monoisotopic (exact) mass is 193 g/mol. The third-order valence-corrected chi connectivity index (χ3v) is 2.09. The Morgan fingerprint density at radius 3 is 1.18 bits per heavy atom. The summed E-state index contributed by atoms with van der Waals surface area (Å²) in [4.78, 5) is 0. The van der Waals surface area contributed by atoms with Gasteiger partial charge in [-0.1, -0.05) is 0 Å². The Labute approximate surface area is 71.3 Å². The Bertz CT molecular complexity index is 103. The number of rotatable bonds is 4. The number of hydrogen-bond donors (Lipinski definition) is 1. The minimum absolute atomic E-state index is 1.47. The fourth-order valence-corrected chi connectivity index (χ4v) is 0.938. The predicted octanol–water partition coefficient (Wildman–Crippen LogP) is 2.11. The predicted molar refractivity (Wildman–Crippen MR) is 52.0 cm³/mol. The highest BCUT2D eigenvalue weighted by molar-refractivity contribution is 6.70. The molecule has 0 unspecified atom stereocenters. The van der Waals surface area contributed by atoms with E-state index in [-0.39, 0.29) is 0 Å². The van der Waals surface area contributed by atoms with Crippen LogP contribution in [0.15, 0.2) is 0 Å². The second-order valence-corrected chi connectivity index (χ2v) is 13.4. The van der Waals surface area contributed by atoms with Crippen molar-refractivity contribution in [2.75, 3.05) is 0 Å². The first kappa shape index (κ1) is 11.3. The lowest BCUT2D eigenvalue weighted by Crippen LogP contribution is -2.40. The summed E-state index contributed by atoms with van der Waals surface area (Å²) in [5.74, 6) is 0. The zero-order valence-electron chi connectivity index (χ0n) is 8.32. The topological polar surface area (TPSA) is 30.5 Å². The van der Waals surface area contributed by atoms with Crippen molar-refractivity contribution in [3.63, 3.8) is 0 Å². The van der Waals surface area contributed by atoms with Gasteiger partial charge in [-0.25, -0.2) is 0 Å². The maximum absolute atomic E-state index is 5.31. The van der Waals surface area contributed by atoms with Crippen LogP contribution in [0.4, 0.5) is 0 Å². The maximum Gasteiger partial charge on any atom is 0.214 e. The maximum atomic E-state index is 5.31. The lowest BCUT2D eigenvalue weighted by molar-refractivity contribution is -0.0333. The molecule has 0 saturated carbocycles. The number of hydrogen-bond acceptors (Lipinski definition) is 3. The van der Waals surface area contributed by atoms with Crippen LogP contribution in [0.3, 0.4) is 0 Å². The van der Waals surface area contributed by atoms with Crippen LogP contribution in [0.5, 0.6) is 0 Å². The normalized spacial score (nSPS) is 13.6. The van der Waals surface area contributed by atoms with E-state index in [1.54, 1.807) is 0 Å². The van der Waals surface area contributed by atoms with Gasteiger partial charge in [0.05, 0.1) is 0 Å². The largest absolute Gasteiger partial charge is 0.324 e. The molecule has 0 amide bonds. The third-order valence-electron chi connectivity index (χ3n) is 0.696. The summed E-state index contributed by atoms with van der Waals surface area (Å²) in [7, 11) is -2.94. The minimum Gasteiger partial charge on any atom is -0.324 e. The lowest BCUT2D eigenvalue weighted by atomic mass is 11.8. The highest BCUT2D eigenvalue weighted by atomic mass is 28.4. The summed E-state index contributed by atoms with van der Waals surface area (Å²) in [6, 6.07) is 0. The van der Waals surface area contributed by atoms with Crippen LogP contribution in [0, 0.1) is 0 Å². The van der Waals surface area contributed by atoms with Gasteiger partial charge in [0.1, 0.15) is 0 Å². The molecule has 0 bridgehead atoms. The van der Waals surface area contributed by atoms with Crippen LogP contribution in [0.25, 0.3) is 0 Å². The van der Waals surface area contributed by atoms with Crippen molar-refractivity contribution in [1.29, 1.82) is 0 Å². The molecule has 0 spiro atoms. The van der Waals surface area contributed by atoms with Gasteiger partial charge in [0.15, 0.2) is 0 Å². The summed E-state index contributed by atoms with van der Waals surface area (Å²) in [6.45, 7) is 12.6. The van der Waals surface area contributed by atoms with E-state index in [1.807, 2.05) is 0 Å². The lowest BCUT2D eigenvalue weighted by Gasteiger charge is -2.22. The second kappa shape index (κ2) is 3.82. The molecule has 3 nitrogen and oxygen atoms in total. The van der Waals surface area contributed by atoms with Crippen molar-refractivity contribution in [2.45, 2.75) is 39.3 Å². The second-order valence-electron chi connectivity index (χ2n) is 4.51. The molecule has 0 saturated heterocycles. The number of nitrogens with one attached hydrogen (secondary N) is 1. The molecular weight excluding hydrogens is 174 g/mol. The molecule has 0 aliphatic heterocycles. The smallest absolute Gasteiger partial charge is 0.214 e. The standard InChI is InChI=1S/C6H19NO2Si2/c1-10(2,3)8-7-9-11(4,5)6/h7H,1-6H3. The Morgan fingerprint density at radius 1 is 0.727 bits per heavy atom. The molecule has 0 fully saturated rings. The zero-order chi connectivity index (χ0) is 9.12. The fourth-order valence-electron chi connectivity index (χ4n) is 0.271. The van der Waals surface area contributed by atoms with Crippen molar-refractivity contribution < 1.29 is 9.05 Å². The minimum atomic E-state index is -1.47. The summed E-state index contributed by atoms with van der Waals surface area (Å²) >= 11 is 0. The van der Waals surface area contributed by atoms with Crippen LogP contribution in [0.2, 0.25) is 39.3 Å². The molecule has 0 rings (SSSR count). The molecule has 0 heterocycles. The van der Waals surface area contributed by atoms with E-state index in [1.165, 1.54) is 0 Å². The highest BCUT2D eigenvalue weighted by Crippen LogP contribution is 2.03. The van der Waals surface area contributed by atoms with Gasteiger partial charge in [0, 0.05) is 0 Å². The van der Waals surface area contributed by atoms with Gasteiger partial charge in [-0.3, -0.25) is 0 Å². The summed E-state index contributed by atoms with van der Waals surface area (Å²) < 4.78 is 10.6. The third kappa shape index (κ3) is 10.3. The molecule has 0 aromatic rings. The average Bonchev–Trinajstić information content (AvgIpc) is 1.55. The molecule has 0 aliphatic carbocycles. The van der Waals surface area contributed by atoms with Gasteiger partial charge in [-0.05, 0) is 39.3 Å². The summed E-state index contributed by atoms with van der Waals surface area (Å²) in [5, 5.41) is 0. The van der Waals surface area contributed by atoms with E-state index in [2.05, 4.69) is 44.9 Å². The van der Waals surface area contributed by atoms with E-state index in [4.69, 9.17) is 9.05 Å². The zero-order valence-corrected chi connectivity index (χ0v) is 10.3. The van der Waals surface area contributed by atoms with Crippen molar-refractivity contribution in [3.05, 3.63) is 0 Å². The summed E-state index contributed by atoms with van der Waals surface area (Å²) in [6.07, 6.45) is 0. The van der Waals surface area contributed by atoms with E-state index in [0.29, 0.717) is 0 Å². The Morgan fingerprint density at radius 2 is 1.00 bits per heavy atom. The Balaban J connectivity index is 3.44. The van der Waals surface area contributed by atoms with Crippen molar-refractivity contribution in [1.82, 2.24) is 5.64 Å². The van der Waals surface area contributed by atoms with Gasteiger partial charge in [0.25, 0.3) is 0 Å². The van der Waals surface area contributed by atoms with Crippen LogP contribution in [0.1, 0.15) is 0 Å². The van der Waals surface area contributed by atoms with Gasteiger partial charge < -0.3 is 9.05 Å². The van der Waals surface area contributed by atoms with Crippen LogP contribution in [-0.2, 0) is 9.05 Å². The molecule has 0 aliphatic rings. The average molecular weight is 193 g/mol. The van der Waals surface area contributed by atoms with Crippen LogP contribution >= 0.6 is 0 Å². The van der Waals surface area contributed by atoms with Gasteiger partial charge >= 0.3 is 0 Å². The first-order chi connectivity index (χ1) is 4.71. The van der Waals surface area contributed by atoms with E-state index in [0.717, 1.165) is 0 Å². The molecule has 5 heteroatoms. The van der Waals surface area contributed by atoms with Crippen molar-refractivity contribution >= 4 is 16.6 Å². The molecule has 1 N–H and O–H groups in total. The molecule has 0 aromatic carbocycles. The molecule has 0 atom stereocenters. The van der Waals surface area contributed by atoms with Crippen LogP contribution < -0.4 is 5.64 Å². The van der Waals surface area contributed by atoms with Crippen molar-refractivity contribution in [2.24, 2.45) is 0 Å². The van der Waals surface area contributed by atoms with E-state index < -0.39 is 16.6 Å². The molecule has 0 radical (unpaired) electrons. The highest BCUT2D eigenvalue weighted by Gasteiger charge is 2.19. The molecule has 11 heavy (non-hydrogen) atoms. The van der Waals surface area contributed by atoms with Crippen LogP contribution in [-0.4, -0.2) is 16.6 Å². The first-order valence-electron chi connectivity index (χ1n) is 3.82. The van der Waals surface area contributed by atoms with Gasteiger partial charge in [0.2, 0.25) is 16.6 Å². The van der Waals surface area contributed by atoms with Gasteiger partial charge in [-0.2, -0.15) is 0 Å². The summed E-state index contributed by atoms with van der Waals surface area (Å²) in [5.41, 5.74) is 2.59.